The van der Waals surface area contributed by atoms with E-state index in [0.29, 0.717) is 12.5 Å². The molecular weight excluding hydrogens is 462 g/mol. The Labute approximate surface area is 212 Å². The number of aromatic nitrogens is 1. The highest BCUT2D eigenvalue weighted by Crippen LogP contribution is 2.37. The Bertz CT molecular complexity index is 1050. The first kappa shape index (κ1) is 24.1. The van der Waals surface area contributed by atoms with E-state index < -0.39 is 0 Å². The molecule has 0 radical (unpaired) electrons. The fourth-order valence-electron chi connectivity index (χ4n) is 4.81. The zero-order valence-electron chi connectivity index (χ0n) is 20.3. The van der Waals surface area contributed by atoms with Crippen LogP contribution in [-0.4, -0.2) is 74.0 Å². The van der Waals surface area contributed by atoms with Gasteiger partial charge in [0, 0.05) is 62.5 Å². The van der Waals surface area contributed by atoms with Gasteiger partial charge in [0.1, 0.15) is 18.2 Å². The predicted octanol–water partition coefficient (Wildman–Crippen LogP) is 3.85. The van der Waals surface area contributed by atoms with Gasteiger partial charge in [-0.3, -0.25) is 10.2 Å². The molecule has 2 N–H and O–H groups in total. The molecule has 2 aromatic rings. The molecule has 4 heterocycles. The molecule has 2 atom stereocenters. The van der Waals surface area contributed by atoms with Crippen molar-refractivity contribution in [3.63, 3.8) is 0 Å². The van der Waals surface area contributed by atoms with Crippen molar-refractivity contribution in [1.29, 1.82) is 0 Å². The van der Waals surface area contributed by atoms with Crippen molar-refractivity contribution in [2.24, 2.45) is 0 Å². The van der Waals surface area contributed by atoms with Gasteiger partial charge in [0.05, 0.1) is 25.6 Å². The number of allylic oxidation sites excluding steroid dienone is 2. The number of pyridine rings is 1. The minimum atomic E-state index is 0.163. The number of hydrogen-bond donors (Lipinski definition) is 2. The standard InChI is InChI=1S/C27H34ClN5O2/c1-32-19-21(4-7-26(32)29-16-20-2-5-23(28)6-3-20)14-22-17-30-27-25(22)15-24(18-31-27)35-13-10-33-8-11-34-12-9-33/h2-7,15,18-19,22,26,29H,8-14,16-17H2,1H3,(H,30,31). The van der Waals surface area contributed by atoms with E-state index in [0.717, 1.165) is 68.9 Å². The van der Waals surface area contributed by atoms with Crippen molar-refractivity contribution in [3.05, 3.63) is 76.6 Å². The maximum Gasteiger partial charge on any atom is 0.138 e. The number of likely N-dealkylation sites (N-methyl/N-ethyl adjacent to an activating group) is 1. The highest BCUT2D eigenvalue weighted by molar-refractivity contribution is 6.30. The molecule has 0 saturated carbocycles. The molecule has 186 valence electrons. The van der Waals surface area contributed by atoms with Crippen LogP contribution < -0.4 is 15.4 Å². The Kier molecular flexibility index (Phi) is 7.88. The van der Waals surface area contributed by atoms with E-state index in [2.05, 4.69) is 69.0 Å². The monoisotopic (exact) mass is 495 g/mol. The molecule has 0 spiro atoms. The van der Waals surface area contributed by atoms with Crippen LogP contribution in [0.3, 0.4) is 0 Å². The lowest BCUT2D eigenvalue weighted by Gasteiger charge is -2.30. The molecule has 8 heteroatoms. The van der Waals surface area contributed by atoms with E-state index >= 15 is 0 Å². The second-order valence-corrected chi connectivity index (χ2v) is 9.81. The fourth-order valence-corrected chi connectivity index (χ4v) is 4.93. The molecule has 1 aromatic heterocycles. The van der Waals surface area contributed by atoms with Gasteiger partial charge in [-0.2, -0.15) is 0 Å². The summed E-state index contributed by atoms with van der Waals surface area (Å²) in [4.78, 5) is 9.23. The number of hydrogen-bond acceptors (Lipinski definition) is 7. The van der Waals surface area contributed by atoms with Crippen LogP contribution in [0.1, 0.15) is 23.5 Å². The van der Waals surface area contributed by atoms with E-state index in [-0.39, 0.29) is 6.17 Å². The van der Waals surface area contributed by atoms with Gasteiger partial charge >= 0.3 is 0 Å². The van der Waals surface area contributed by atoms with Gasteiger partial charge in [-0.05, 0) is 41.8 Å². The van der Waals surface area contributed by atoms with Crippen molar-refractivity contribution >= 4 is 17.4 Å². The lowest BCUT2D eigenvalue weighted by Crippen LogP contribution is -2.40. The predicted molar refractivity (Wildman–Crippen MR) is 140 cm³/mol. The number of halogens is 1. The number of anilines is 1. The average molecular weight is 496 g/mol. The Hall–Kier alpha value is -2.58. The number of fused-ring (bicyclic) bond motifs is 1. The van der Waals surface area contributed by atoms with Crippen LogP contribution in [0.2, 0.25) is 5.02 Å². The number of benzene rings is 1. The summed E-state index contributed by atoms with van der Waals surface area (Å²) < 4.78 is 11.5. The minimum Gasteiger partial charge on any atom is -0.491 e. The molecule has 7 nitrogen and oxygen atoms in total. The largest absolute Gasteiger partial charge is 0.491 e. The molecular formula is C27H34ClN5O2. The second kappa shape index (κ2) is 11.4. The molecule has 0 bridgehead atoms. The lowest BCUT2D eigenvalue weighted by atomic mass is 9.93. The number of nitrogens with one attached hydrogen (secondary N) is 2. The summed E-state index contributed by atoms with van der Waals surface area (Å²) in [6, 6.07) is 10.1. The lowest BCUT2D eigenvalue weighted by molar-refractivity contribution is 0.0322. The minimum absolute atomic E-state index is 0.163. The molecule has 2 unspecified atom stereocenters. The second-order valence-electron chi connectivity index (χ2n) is 9.37. The zero-order valence-corrected chi connectivity index (χ0v) is 21.0. The van der Waals surface area contributed by atoms with Crippen molar-refractivity contribution in [3.8, 4) is 5.75 Å². The van der Waals surface area contributed by atoms with Crippen LogP contribution in [0.25, 0.3) is 0 Å². The molecule has 1 aromatic carbocycles. The Morgan fingerprint density at radius 2 is 2.06 bits per heavy atom. The third-order valence-corrected chi connectivity index (χ3v) is 7.09. The van der Waals surface area contributed by atoms with E-state index in [1.165, 1.54) is 16.7 Å². The van der Waals surface area contributed by atoms with Crippen molar-refractivity contribution < 1.29 is 9.47 Å². The third kappa shape index (κ3) is 6.35. The number of morpholine rings is 1. The van der Waals surface area contributed by atoms with Gasteiger partial charge < -0.3 is 19.7 Å². The smallest absolute Gasteiger partial charge is 0.138 e. The molecule has 1 fully saturated rings. The SMILES string of the molecule is CN1C=C(CC2CNc3ncc(OCCN4CCOCC4)cc32)C=CC1NCc1ccc(Cl)cc1. The first-order valence-corrected chi connectivity index (χ1v) is 12.8. The molecule has 0 amide bonds. The number of rotatable bonds is 9. The Morgan fingerprint density at radius 3 is 2.86 bits per heavy atom. The molecule has 35 heavy (non-hydrogen) atoms. The molecule has 1 saturated heterocycles. The summed E-state index contributed by atoms with van der Waals surface area (Å²) in [5.74, 6) is 2.21. The molecule has 3 aliphatic rings. The quantitative estimate of drug-likeness (QED) is 0.548. The van der Waals surface area contributed by atoms with Gasteiger partial charge in [-0.1, -0.05) is 29.8 Å². The van der Waals surface area contributed by atoms with Crippen molar-refractivity contribution in [2.45, 2.75) is 25.0 Å². The first-order chi connectivity index (χ1) is 17.1. The summed E-state index contributed by atoms with van der Waals surface area (Å²) in [6.45, 7) is 6.85. The highest BCUT2D eigenvalue weighted by atomic mass is 35.5. The van der Waals surface area contributed by atoms with Gasteiger partial charge in [0.15, 0.2) is 0 Å². The van der Waals surface area contributed by atoms with Gasteiger partial charge in [0.2, 0.25) is 0 Å². The first-order valence-electron chi connectivity index (χ1n) is 12.4. The van der Waals surface area contributed by atoms with E-state index in [1.807, 2.05) is 18.3 Å². The molecule has 3 aliphatic heterocycles. The van der Waals surface area contributed by atoms with Gasteiger partial charge in [-0.15, -0.1) is 0 Å². The average Bonchev–Trinajstić information content (AvgIpc) is 3.27. The van der Waals surface area contributed by atoms with Gasteiger partial charge in [0.25, 0.3) is 0 Å². The molecule has 0 aliphatic carbocycles. The van der Waals surface area contributed by atoms with E-state index in [1.54, 1.807) is 0 Å². The third-order valence-electron chi connectivity index (χ3n) is 6.84. The van der Waals surface area contributed by atoms with E-state index in [9.17, 15) is 0 Å². The van der Waals surface area contributed by atoms with Crippen LogP contribution in [0.5, 0.6) is 5.75 Å². The van der Waals surface area contributed by atoms with Crippen LogP contribution >= 0.6 is 11.6 Å². The van der Waals surface area contributed by atoms with Gasteiger partial charge in [-0.25, -0.2) is 4.98 Å². The number of ether oxygens (including phenoxy) is 2. The van der Waals surface area contributed by atoms with Crippen LogP contribution in [0.4, 0.5) is 5.82 Å². The fraction of sp³-hybridized carbons (Fsp3) is 0.444. The van der Waals surface area contributed by atoms with Crippen LogP contribution in [-0.2, 0) is 11.3 Å². The summed E-state index contributed by atoms with van der Waals surface area (Å²) >= 11 is 5.99. The number of nitrogens with zero attached hydrogens (tertiary/aromatic N) is 3. The Morgan fingerprint density at radius 1 is 1.23 bits per heavy atom. The summed E-state index contributed by atoms with van der Waals surface area (Å²) in [6.07, 6.45) is 9.68. The van der Waals surface area contributed by atoms with Crippen molar-refractivity contribution in [1.82, 2.24) is 20.1 Å². The zero-order chi connectivity index (χ0) is 24.0. The van der Waals surface area contributed by atoms with Crippen LogP contribution in [0.15, 0.2) is 60.5 Å². The topological polar surface area (TPSA) is 61.9 Å². The summed E-state index contributed by atoms with van der Waals surface area (Å²) in [5.41, 5.74) is 3.78. The molecule has 5 rings (SSSR count). The highest BCUT2D eigenvalue weighted by Gasteiger charge is 2.26. The maximum atomic E-state index is 6.05. The van der Waals surface area contributed by atoms with Crippen LogP contribution in [0, 0.1) is 0 Å². The van der Waals surface area contributed by atoms with E-state index in [4.69, 9.17) is 21.1 Å². The summed E-state index contributed by atoms with van der Waals surface area (Å²) in [5, 5.41) is 7.82. The normalized spacial score (nSPS) is 22.0. The van der Waals surface area contributed by atoms with Crippen molar-refractivity contribution in [2.75, 3.05) is 58.4 Å². The maximum absolute atomic E-state index is 6.05. The Balaban J connectivity index is 1.13. The summed E-state index contributed by atoms with van der Waals surface area (Å²) in [7, 11) is 2.12.